The van der Waals surface area contributed by atoms with E-state index < -0.39 is 0 Å². The van der Waals surface area contributed by atoms with Gasteiger partial charge in [0.1, 0.15) is 5.75 Å². The van der Waals surface area contributed by atoms with Crippen molar-refractivity contribution in [3.63, 3.8) is 0 Å². The first-order valence-corrected chi connectivity index (χ1v) is 11.8. The van der Waals surface area contributed by atoms with E-state index in [1.807, 2.05) is 13.0 Å². The fraction of sp³-hybridized carbons (Fsp3) is 0.538. The monoisotopic (exact) mass is 423 g/mol. The van der Waals surface area contributed by atoms with Gasteiger partial charge in [-0.3, -0.25) is 9.80 Å². The van der Waals surface area contributed by atoms with Crippen molar-refractivity contribution in [3.8, 4) is 5.75 Å². The second-order valence-corrected chi connectivity index (χ2v) is 8.87. The van der Waals surface area contributed by atoms with E-state index in [0.29, 0.717) is 12.6 Å². The predicted octanol–water partition coefficient (Wildman–Crippen LogP) is 3.67. The molecule has 0 saturated carbocycles. The maximum Gasteiger partial charge on any atom is 0.124 e. The molecule has 1 atom stereocenters. The van der Waals surface area contributed by atoms with Gasteiger partial charge in [-0.2, -0.15) is 0 Å². The number of para-hydroxylation sites is 1. The first kappa shape index (κ1) is 22.1. The molecule has 2 aromatic rings. The van der Waals surface area contributed by atoms with Crippen LogP contribution in [-0.4, -0.2) is 66.8 Å². The van der Waals surface area contributed by atoms with Crippen LogP contribution >= 0.6 is 0 Å². The summed E-state index contributed by atoms with van der Waals surface area (Å²) < 4.78 is 5.63. The Morgan fingerprint density at radius 1 is 1.03 bits per heavy atom. The number of hydrogen-bond donors (Lipinski definition) is 1. The summed E-state index contributed by atoms with van der Waals surface area (Å²) in [5.74, 6) is 0.803. The van der Waals surface area contributed by atoms with Crippen LogP contribution in [0.4, 0.5) is 5.69 Å². The molecule has 0 unspecified atom stereocenters. The van der Waals surface area contributed by atoms with Crippen molar-refractivity contribution in [1.29, 1.82) is 0 Å². The van der Waals surface area contributed by atoms with Crippen LogP contribution < -0.4 is 9.64 Å². The molecule has 0 spiro atoms. The predicted molar refractivity (Wildman–Crippen MR) is 127 cm³/mol. The van der Waals surface area contributed by atoms with Crippen molar-refractivity contribution in [2.24, 2.45) is 0 Å². The van der Waals surface area contributed by atoms with Crippen LogP contribution in [-0.2, 0) is 13.2 Å². The molecule has 2 aromatic carbocycles. The normalized spacial score (nSPS) is 20.7. The Labute approximate surface area is 187 Å². The summed E-state index contributed by atoms with van der Waals surface area (Å²) in [6.45, 7) is 12.6. The molecule has 0 aliphatic carbocycles. The van der Waals surface area contributed by atoms with E-state index >= 15 is 0 Å². The second kappa shape index (κ2) is 10.5. The summed E-state index contributed by atoms with van der Waals surface area (Å²) >= 11 is 0. The molecule has 1 N–H and O–H groups in total. The Morgan fingerprint density at radius 2 is 1.84 bits per heavy atom. The third-order valence-corrected chi connectivity index (χ3v) is 6.77. The van der Waals surface area contributed by atoms with Crippen LogP contribution in [0.15, 0.2) is 42.5 Å². The van der Waals surface area contributed by atoms with E-state index in [1.54, 1.807) is 0 Å². The maximum atomic E-state index is 9.70. The zero-order valence-electron chi connectivity index (χ0n) is 19.1. The zero-order valence-corrected chi connectivity index (χ0v) is 19.1. The largest absolute Gasteiger partial charge is 0.494 e. The van der Waals surface area contributed by atoms with Gasteiger partial charge in [0.25, 0.3) is 0 Å². The Bertz CT molecular complexity index is 848. The van der Waals surface area contributed by atoms with Gasteiger partial charge in [0.2, 0.25) is 0 Å². The maximum absolute atomic E-state index is 9.70. The van der Waals surface area contributed by atoms with Crippen LogP contribution in [0, 0.1) is 6.92 Å². The smallest absolute Gasteiger partial charge is 0.124 e. The van der Waals surface area contributed by atoms with Gasteiger partial charge in [-0.15, -0.1) is 0 Å². The Morgan fingerprint density at radius 3 is 2.58 bits per heavy atom. The first-order chi connectivity index (χ1) is 15.2. The van der Waals surface area contributed by atoms with Gasteiger partial charge >= 0.3 is 0 Å². The summed E-state index contributed by atoms with van der Waals surface area (Å²) in [6.07, 6.45) is 2.55. The van der Waals surface area contributed by atoms with E-state index in [4.69, 9.17) is 4.74 Å². The second-order valence-electron chi connectivity index (χ2n) is 8.87. The van der Waals surface area contributed by atoms with Crippen LogP contribution in [0.5, 0.6) is 5.75 Å². The van der Waals surface area contributed by atoms with Crippen LogP contribution in [0.2, 0.25) is 0 Å². The number of nitrogens with zero attached hydrogens (tertiary/aromatic N) is 3. The lowest BCUT2D eigenvalue weighted by molar-refractivity contribution is 0.0887. The first-order valence-electron chi connectivity index (χ1n) is 11.8. The minimum atomic E-state index is 0.0248. The number of piperidine rings is 1. The third kappa shape index (κ3) is 5.40. The molecule has 0 amide bonds. The molecule has 2 aliphatic rings. The number of piperazine rings is 1. The Balaban J connectivity index is 1.32. The lowest BCUT2D eigenvalue weighted by Crippen LogP contribution is -2.55. The number of ether oxygens (including phenoxy) is 1. The van der Waals surface area contributed by atoms with Crippen molar-refractivity contribution < 1.29 is 9.84 Å². The molecular formula is C26H37N3O2. The molecule has 168 valence electrons. The summed E-state index contributed by atoms with van der Waals surface area (Å²) in [5.41, 5.74) is 4.91. The molecule has 4 rings (SSSR count). The van der Waals surface area contributed by atoms with Gasteiger partial charge in [0.05, 0.1) is 13.2 Å². The zero-order chi connectivity index (χ0) is 21.6. The van der Waals surface area contributed by atoms with E-state index in [0.717, 1.165) is 57.1 Å². The van der Waals surface area contributed by atoms with Crippen LogP contribution in [0.25, 0.3) is 0 Å². The van der Waals surface area contributed by atoms with Crippen LogP contribution in [0.1, 0.15) is 36.5 Å². The number of hydrogen-bond acceptors (Lipinski definition) is 5. The van der Waals surface area contributed by atoms with Crippen molar-refractivity contribution in [1.82, 2.24) is 9.80 Å². The molecule has 0 aromatic heterocycles. The number of benzene rings is 2. The molecule has 31 heavy (non-hydrogen) atoms. The van der Waals surface area contributed by atoms with Crippen molar-refractivity contribution in [2.45, 2.75) is 45.9 Å². The fourth-order valence-electron chi connectivity index (χ4n) is 5.13. The quantitative estimate of drug-likeness (QED) is 0.736. The van der Waals surface area contributed by atoms with Gasteiger partial charge < -0.3 is 14.7 Å². The molecule has 0 bridgehead atoms. The minimum absolute atomic E-state index is 0.0248. The molecule has 2 fully saturated rings. The molecule has 2 saturated heterocycles. The average molecular weight is 424 g/mol. The van der Waals surface area contributed by atoms with E-state index in [-0.39, 0.29) is 6.61 Å². The highest BCUT2D eigenvalue weighted by molar-refractivity contribution is 5.53. The lowest BCUT2D eigenvalue weighted by atomic mass is 10.0. The highest BCUT2D eigenvalue weighted by Gasteiger charge is 2.28. The van der Waals surface area contributed by atoms with Crippen molar-refractivity contribution in [3.05, 3.63) is 59.2 Å². The molecule has 5 heteroatoms. The number of aryl methyl sites for hydroxylation is 1. The third-order valence-electron chi connectivity index (χ3n) is 6.77. The highest BCUT2D eigenvalue weighted by Crippen LogP contribution is 2.25. The summed E-state index contributed by atoms with van der Waals surface area (Å²) in [4.78, 5) is 7.83. The minimum Gasteiger partial charge on any atom is -0.494 e. The number of likely N-dealkylation sites (tertiary alicyclic amines) is 1. The summed E-state index contributed by atoms with van der Waals surface area (Å²) in [6, 6.07) is 15.7. The number of rotatable bonds is 7. The molecule has 5 nitrogen and oxygen atoms in total. The van der Waals surface area contributed by atoms with E-state index in [2.05, 4.69) is 58.0 Å². The fourth-order valence-corrected chi connectivity index (χ4v) is 5.13. The van der Waals surface area contributed by atoms with E-state index in [9.17, 15) is 5.11 Å². The molecule has 2 aliphatic heterocycles. The van der Waals surface area contributed by atoms with Crippen LogP contribution in [0.3, 0.4) is 0 Å². The number of aliphatic hydroxyl groups excluding tert-OH is 1. The number of anilines is 1. The topological polar surface area (TPSA) is 39.2 Å². The average Bonchev–Trinajstić information content (AvgIpc) is 2.81. The van der Waals surface area contributed by atoms with Gasteiger partial charge in [-0.05, 0) is 62.6 Å². The van der Waals surface area contributed by atoms with Gasteiger partial charge in [0, 0.05) is 56.6 Å². The highest BCUT2D eigenvalue weighted by atomic mass is 16.5. The standard InChI is InChI=1S/C26H37N3O2/c1-3-31-26-11-10-22(17-23(26)20-30)18-27-12-6-8-24(19-27)28-13-15-29(16-14-28)25-9-5-4-7-21(25)2/h4-5,7,9-11,17,24,30H,3,6,8,12-16,18-20H2,1-2H3/t24-/m1/s1. The van der Waals surface area contributed by atoms with Gasteiger partial charge in [-0.1, -0.05) is 24.3 Å². The van der Waals surface area contributed by atoms with Gasteiger partial charge in [0.15, 0.2) is 0 Å². The van der Waals surface area contributed by atoms with Gasteiger partial charge in [-0.25, -0.2) is 0 Å². The number of aliphatic hydroxyl groups is 1. The summed E-state index contributed by atoms with van der Waals surface area (Å²) in [5, 5.41) is 9.70. The molecule has 2 heterocycles. The van der Waals surface area contributed by atoms with Crippen molar-refractivity contribution in [2.75, 3.05) is 50.8 Å². The van der Waals surface area contributed by atoms with E-state index in [1.165, 1.54) is 29.7 Å². The SMILES string of the molecule is CCOc1ccc(CN2CCC[C@@H](N3CCN(c4ccccc4C)CC3)C2)cc1CO. The summed E-state index contributed by atoms with van der Waals surface area (Å²) in [7, 11) is 0. The Hall–Kier alpha value is -2.08. The Kier molecular flexibility index (Phi) is 7.49. The van der Waals surface area contributed by atoms with Crippen molar-refractivity contribution >= 4 is 5.69 Å². The molecule has 0 radical (unpaired) electrons. The lowest BCUT2D eigenvalue weighted by Gasteiger charge is -2.44. The molecular weight excluding hydrogens is 386 g/mol.